The Kier molecular flexibility index (Phi) is 5.26. The lowest BCUT2D eigenvalue weighted by molar-refractivity contribution is -0.127. The molecule has 3 nitrogen and oxygen atoms in total. The van der Waals surface area contributed by atoms with E-state index >= 15 is 0 Å². The van der Waals surface area contributed by atoms with Crippen molar-refractivity contribution in [2.75, 3.05) is 20.3 Å². The number of methoxy groups -OCH3 is 1. The Morgan fingerprint density at radius 2 is 2.27 bits per heavy atom. The van der Waals surface area contributed by atoms with Crippen LogP contribution in [0.1, 0.15) is 39.5 Å². The molecule has 1 aliphatic rings. The molecule has 0 aromatic carbocycles. The van der Waals surface area contributed by atoms with Gasteiger partial charge in [-0.1, -0.05) is 13.3 Å². The highest BCUT2D eigenvalue weighted by molar-refractivity contribution is 5.84. The molecule has 0 aromatic heterocycles. The topological polar surface area (TPSA) is 29.5 Å². The summed E-state index contributed by atoms with van der Waals surface area (Å²) in [7, 11) is 1.72. The summed E-state index contributed by atoms with van der Waals surface area (Å²) in [5.74, 6) is 0.422. The lowest BCUT2D eigenvalue weighted by Crippen LogP contribution is -2.48. The summed E-state index contributed by atoms with van der Waals surface area (Å²) < 4.78 is 5.16. The zero-order valence-electron chi connectivity index (χ0n) is 10.2. The highest BCUT2D eigenvalue weighted by atomic mass is 16.5. The molecule has 0 aromatic rings. The molecule has 0 bridgehead atoms. The molecule has 1 saturated carbocycles. The lowest BCUT2D eigenvalue weighted by atomic mass is 9.92. The predicted molar refractivity (Wildman–Crippen MR) is 61.0 cm³/mol. The van der Waals surface area contributed by atoms with Crippen molar-refractivity contribution in [3.63, 3.8) is 0 Å². The molecule has 88 valence electrons. The Bertz CT molecular complexity index is 206. The summed E-state index contributed by atoms with van der Waals surface area (Å²) in [4.78, 5) is 14.1. The lowest BCUT2D eigenvalue weighted by Gasteiger charge is -2.36. The van der Waals surface area contributed by atoms with Gasteiger partial charge in [0, 0.05) is 19.6 Å². The van der Waals surface area contributed by atoms with Crippen LogP contribution in [0.3, 0.4) is 0 Å². The van der Waals surface area contributed by atoms with E-state index in [-0.39, 0.29) is 6.04 Å². The van der Waals surface area contributed by atoms with Crippen molar-refractivity contribution in [3.8, 4) is 0 Å². The normalized spacial score (nSPS) is 24.5. The van der Waals surface area contributed by atoms with E-state index in [4.69, 9.17) is 4.74 Å². The fraction of sp³-hybridized carbons (Fsp3) is 0.917. The number of carbonyl (C=O) groups excluding carboxylic acids is 1. The van der Waals surface area contributed by atoms with Crippen LogP contribution < -0.4 is 0 Å². The largest absolute Gasteiger partial charge is 0.383 e. The van der Waals surface area contributed by atoms with Crippen LogP contribution in [0.25, 0.3) is 0 Å². The minimum atomic E-state index is 0.147. The Balaban J connectivity index is 2.59. The maximum absolute atomic E-state index is 11.8. The maximum atomic E-state index is 11.8. The highest BCUT2D eigenvalue weighted by Gasteiger charge is 2.29. The van der Waals surface area contributed by atoms with Gasteiger partial charge in [0.15, 0.2) is 0 Å². The third-order valence-electron chi connectivity index (χ3n) is 3.26. The summed E-state index contributed by atoms with van der Waals surface area (Å²) in [6.45, 7) is 5.89. The fourth-order valence-electron chi connectivity index (χ4n) is 2.49. The minimum absolute atomic E-state index is 0.147. The first-order chi connectivity index (χ1) is 7.20. The molecule has 0 heterocycles. The van der Waals surface area contributed by atoms with Crippen molar-refractivity contribution in [3.05, 3.63) is 0 Å². The van der Waals surface area contributed by atoms with Gasteiger partial charge in [-0.15, -0.1) is 0 Å². The first kappa shape index (κ1) is 12.7. The fourth-order valence-corrected chi connectivity index (χ4v) is 2.49. The van der Waals surface area contributed by atoms with Gasteiger partial charge in [0.2, 0.25) is 0 Å². The molecule has 15 heavy (non-hydrogen) atoms. The van der Waals surface area contributed by atoms with Gasteiger partial charge in [-0.3, -0.25) is 9.69 Å². The first-order valence-corrected chi connectivity index (χ1v) is 5.98. The second kappa shape index (κ2) is 6.23. The zero-order chi connectivity index (χ0) is 11.3. The molecule has 2 atom stereocenters. The molecule has 0 N–H and O–H groups in total. The molecule has 0 radical (unpaired) electrons. The number of nitrogens with zero attached hydrogens (tertiary/aromatic N) is 1. The van der Waals surface area contributed by atoms with E-state index in [2.05, 4.69) is 18.7 Å². The highest BCUT2D eigenvalue weighted by Crippen LogP contribution is 2.21. The van der Waals surface area contributed by atoms with Gasteiger partial charge >= 0.3 is 0 Å². The summed E-state index contributed by atoms with van der Waals surface area (Å²) in [5.41, 5.74) is 0. The summed E-state index contributed by atoms with van der Waals surface area (Å²) >= 11 is 0. The summed E-state index contributed by atoms with van der Waals surface area (Å²) in [6, 6.07) is 0.487. The van der Waals surface area contributed by atoms with E-state index in [9.17, 15) is 4.79 Å². The molecule has 1 rings (SSSR count). The molecule has 1 fully saturated rings. The van der Waals surface area contributed by atoms with Gasteiger partial charge in [0.1, 0.15) is 5.78 Å². The Morgan fingerprint density at radius 1 is 1.53 bits per heavy atom. The zero-order valence-corrected chi connectivity index (χ0v) is 10.2. The van der Waals surface area contributed by atoms with Crippen molar-refractivity contribution >= 4 is 5.78 Å². The van der Waals surface area contributed by atoms with Crippen LogP contribution in [-0.4, -0.2) is 43.0 Å². The van der Waals surface area contributed by atoms with Gasteiger partial charge in [-0.2, -0.15) is 0 Å². The van der Waals surface area contributed by atoms with Crippen molar-refractivity contribution in [2.24, 2.45) is 0 Å². The monoisotopic (exact) mass is 213 g/mol. The standard InChI is InChI=1S/C12H23NO2/c1-4-13(10(2)9-15-3)11-7-5-6-8-12(11)14/h10-11H,4-9H2,1-3H3. The second-order valence-electron chi connectivity index (χ2n) is 4.36. The number of likely N-dealkylation sites (N-methyl/N-ethyl adjacent to an activating group) is 1. The van der Waals surface area contributed by atoms with E-state index in [0.717, 1.165) is 25.8 Å². The van der Waals surface area contributed by atoms with Crippen LogP contribution in [0.15, 0.2) is 0 Å². The molecule has 0 saturated heterocycles. The smallest absolute Gasteiger partial charge is 0.149 e. The van der Waals surface area contributed by atoms with E-state index in [1.165, 1.54) is 6.42 Å². The number of ether oxygens (including phenoxy) is 1. The Labute approximate surface area is 92.8 Å². The summed E-state index contributed by atoms with van der Waals surface area (Å²) in [5, 5.41) is 0. The Hall–Kier alpha value is -0.410. The average Bonchev–Trinajstić information content (AvgIpc) is 2.22. The van der Waals surface area contributed by atoms with Crippen molar-refractivity contribution in [2.45, 2.75) is 51.6 Å². The molecule has 2 unspecified atom stereocenters. The number of hydrogen-bond acceptors (Lipinski definition) is 3. The van der Waals surface area contributed by atoms with Gasteiger partial charge in [0.25, 0.3) is 0 Å². The van der Waals surface area contributed by atoms with Gasteiger partial charge in [-0.25, -0.2) is 0 Å². The van der Waals surface area contributed by atoms with Gasteiger partial charge in [-0.05, 0) is 26.3 Å². The third-order valence-corrected chi connectivity index (χ3v) is 3.26. The molecular formula is C12H23NO2. The molecule has 3 heteroatoms. The van der Waals surface area contributed by atoms with Crippen LogP contribution in [0.4, 0.5) is 0 Å². The van der Waals surface area contributed by atoms with Crippen LogP contribution in [0.2, 0.25) is 0 Å². The number of Topliss-reactive ketones (excluding diaryl/α,β-unsaturated/α-hetero) is 1. The third kappa shape index (κ3) is 3.28. The molecule has 0 aliphatic heterocycles. The first-order valence-electron chi connectivity index (χ1n) is 5.98. The van der Waals surface area contributed by atoms with E-state index in [1.54, 1.807) is 7.11 Å². The second-order valence-corrected chi connectivity index (χ2v) is 4.36. The Morgan fingerprint density at radius 3 is 2.80 bits per heavy atom. The SMILES string of the molecule is CCN(C(C)COC)C1CCCCC1=O. The predicted octanol–water partition coefficient (Wildman–Crippen LogP) is 1.85. The number of ketones is 1. The molecular weight excluding hydrogens is 190 g/mol. The number of carbonyl (C=O) groups is 1. The molecule has 1 aliphatic carbocycles. The van der Waals surface area contributed by atoms with Crippen molar-refractivity contribution in [1.82, 2.24) is 4.90 Å². The number of rotatable bonds is 5. The molecule has 0 amide bonds. The van der Waals surface area contributed by atoms with E-state index in [1.807, 2.05) is 0 Å². The van der Waals surface area contributed by atoms with Gasteiger partial charge < -0.3 is 4.74 Å². The maximum Gasteiger partial charge on any atom is 0.149 e. The van der Waals surface area contributed by atoms with Crippen LogP contribution in [0.5, 0.6) is 0 Å². The van der Waals surface area contributed by atoms with E-state index in [0.29, 0.717) is 18.4 Å². The van der Waals surface area contributed by atoms with E-state index < -0.39 is 0 Å². The van der Waals surface area contributed by atoms with Crippen molar-refractivity contribution in [1.29, 1.82) is 0 Å². The van der Waals surface area contributed by atoms with Crippen LogP contribution in [0, 0.1) is 0 Å². The van der Waals surface area contributed by atoms with Crippen LogP contribution in [-0.2, 0) is 9.53 Å². The quantitative estimate of drug-likeness (QED) is 0.698. The summed E-state index contributed by atoms with van der Waals surface area (Å²) in [6.07, 6.45) is 4.06. The van der Waals surface area contributed by atoms with Gasteiger partial charge in [0.05, 0.1) is 12.6 Å². The van der Waals surface area contributed by atoms with Crippen LogP contribution >= 0.6 is 0 Å². The minimum Gasteiger partial charge on any atom is -0.383 e. The number of hydrogen-bond donors (Lipinski definition) is 0. The van der Waals surface area contributed by atoms with Crippen molar-refractivity contribution < 1.29 is 9.53 Å². The average molecular weight is 213 g/mol. The molecule has 0 spiro atoms.